The van der Waals surface area contributed by atoms with Crippen molar-refractivity contribution < 1.29 is 15.2 Å². The summed E-state index contributed by atoms with van der Waals surface area (Å²) in [5.74, 6) is 0. The average Bonchev–Trinajstić information content (AvgIpc) is 1.39. The van der Waals surface area contributed by atoms with E-state index in [0.29, 0.717) is 0 Å². The summed E-state index contributed by atoms with van der Waals surface area (Å²) < 4.78 is 1.75. The van der Waals surface area contributed by atoms with Crippen LogP contribution < -0.4 is 5.26 Å². The maximum atomic E-state index is 8.36. The summed E-state index contributed by atoms with van der Waals surface area (Å²) in [6.45, 7) is -0.250. The Bertz CT molecular complexity index is 24.9. The van der Waals surface area contributed by atoms with E-state index in [0.717, 1.165) is 0 Å². The molecule has 5 nitrogen and oxygen atoms in total. The van der Waals surface area contributed by atoms with E-state index in [-0.39, 0.29) is 6.47 Å². The minimum absolute atomic E-state index is 0.250. The minimum Gasteiger partial charge on any atom is -0.483 e. The molecule has 0 bridgehead atoms. The van der Waals surface area contributed by atoms with E-state index in [1.54, 1.807) is 4.75 Å². The molecule has 0 aromatic heterocycles. The Kier molecular flexibility index (Phi) is 62.2. The van der Waals surface area contributed by atoms with Gasteiger partial charge in [0.05, 0.1) is 0 Å². The molecule has 0 heterocycles. The van der Waals surface area contributed by atoms with E-state index in [9.17, 15) is 0 Å². The molecule has 0 aliphatic rings. The first-order valence-electron chi connectivity index (χ1n) is 0.827. The molecule has 0 spiro atoms. The van der Waals surface area contributed by atoms with E-state index in [1.807, 2.05) is 0 Å². The molecule has 0 aromatic carbocycles. The highest BCUT2D eigenvalue weighted by Crippen LogP contribution is 1.00. The third-order valence-corrected chi connectivity index (χ3v) is 0. The van der Waals surface area contributed by atoms with Crippen LogP contribution in [0.25, 0.3) is 0 Å². The topological polar surface area (TPSA) is 88.7 Å². The predicted molar refractivity (Wildman–Crippen MR) is 15.4 cm³/mol. The average molecular weight is 94.0 g/mol. The molecule has 0 saturated heterocycles. The van der Waals surface area contributed by atoms with Crippen molar-refractivity contribution in [3.8, 4) is 0 Å². The molecular weight excluding hydrogens is 92.0 g/mol. The van der Waals surface area contributed by atoms with Crippen LogP contribution in [-0.2, 0) is 4.79 Å². The highest BCUT2D eigenvalue weighted by Gasteiger charge is 1.27. The molecule has 0 radical (unpaired) electrons. The third-order valence-electron chi connectivity index (χ3n) is 0. The fraction of sp³-hybridized carbons (Fsp3) is 0. The predicted octanol–water partition coefficient (Wildman–Crippen LogP) is -1.42. The second-order valence-corrected chi connectivity index (χ2v) is 0.173. The van der Waals surface area contributed by atoms with Gasteiger partial charge in [0.15, 0.2) is 4.75 Å². The highest BCUT2D eigenvalue weighted by atomic mass is 17.2. The highest BCUT2D eigenvalue weighted by molar-refractivity contribution is 5.32. The van der Waals surface area contributed by atoms with Crippen LogP contribution in [0.15, 0.2) is 0 Å². The van der Waals surface area contributed by atoms with Crippen LogP contribution >= 0.6 is 0 Å². The first kappa shape index (κ1) is 8.85. The summed E-state index contributed by atoms with van der Waals surface area (Å²) in [4.78, 5) is 16.2. The van der Waals surface area contributed by atoms with Gasteiger partial charge < -0.3 is 5.11 Å². The molecule has 0 aromatic rings. The Morgan fingerprint density at radius 2 is 1.83 bits per heavy atom. The van der Waals surface area contributed by atoms with Gasteiger partial charge in [0.25, 0.3) is 6.47 Å². The van der Waals surface area contributed by atoms with Gasteiger partial charge >= 0.3 is 0 Å². The van der Waals surface area contributed by atoms with Gasteiger partial charge in [-0.05, 0) is 0 Å². The number of hydrogen-bond acceptors (Lipinski definition) is 3. The van der Waals surface area contributed by atoms with E-state index in [4.69, 9.17) is 20.1 Å². The molecule has 1 N–H and O–H groups in total. The maximum Gasteiger partial charge on any atom is 0.290 e. The lowest BCUT2D eigenvalue weighted by molar-refractivity contribution is -0.284. The van der Waals surface area contributed by atoms with Crippen LogP contribution in [0.3, 0.4) is 0 Å². The number of carbonyl (C=O) groups is 1. The summed E-state index contributed by atoms with van der Waals surface area (Å²) in [6.07, 6.45) is 0. The molecular formula is CH2O5. The summed E-state index contributed by atoms with van der Waals surface area (Å²) in [6, 6.07) is 0. The van der Waals surface area contributed by atoms with Gasteiger partial charge in [-0.25, -0.2) is 0 Å². The molecule has 36 valence electrons. The van der Waals surface area contributed by atoms with Gasteiger partial charge in [-0.1, -0.05) is 10.2 Å². The first-order valence-corrected chi connectivity index (χ1v) is 0.827. The van der Waals surface area contributed by atoms with E-state index in [2.05, 4.69) is 0 Å². The smallest absolute Gasteiger partial charge is 0.290 e. The third kappa shape index (κ3) is 7.86. The van der Waals surface area contributed by atoms with Crippen molar-refractivity contribution in [3.63, 3.8) is 0 Å². The fourth-order valence-corrected chi connectivity index (χ4v) is 0. The molecule has 0 unspecified atom stereocenters. The van der Waals surface area contributed by atoms with Crippen molar-refractivity contribution in [2.24, 2.45) is 0 Å². The minimum atomic E-state index is -0.250. The Balaban J connectivity index is 0. The molecule has 0 rings (SSSR count). The lowest BCUT2D eigenvalue weighted by Crippen LogP contribution is -1.82. The first-order chi connectivity index (χ1) is 2.83. The molecule has 0 saturated carbocycles. The lowest BCUT2D eigenvalue weighted by atomic mass is 11.7. The molecule has 6 heavy (non-hydrogen) atoms. The standard InChI is InChI=1S/CH2O2.O3/c2-1-3;1-3-2/h1H,(H,2,3);. The molecule has 0 aliphatic heterocycles. The molecule has 0 fully saturated rings. The Labute approximate surface area is 32.7 Å². The normalized spacial score (nSPS) is 4.00. The van der Waals surface area contributed by atoms with Crippen molar-refractivity contribution in [1.82, 2.24) is 0 Å². The van der Waals surface area contributed by atoms with E-state index >= 15 is 0 Å². The van der Waals surface area contributed by atoms with Crippen molar-refractivity contribution >= 4 is 6.47 Å². The van der Waals surface area contributed by atoms with E-state index in [1.165, 1.54) is 0 Å². The van der Waals surface area contributed by atoms with Crippen LogP contribution in [0.2, 0.25) is 0 Å². The van der Waals surface area contributed by atoms with Crippen molar-refractivity contribution in [2.45, 2.75) is 0 Å². The van der Waals surface area contributed by atoms with Crippen molar-refractivity contribution in [1.29, 1.82) is 0 Å². The van der Waals surface area contributed by atoms with Crippen LogP contribution in [0.5, 0.6) is 0 Å². The zero-order chi connectivity index (χ0) is 5.41. The SMILES string of the molecule is O=CO.O=[O+][O-]. The zero-order valence-electron chi connectivity index (χ0n) is 2.66. The maximum absolute atomic E-state index is 8.36. The van der Waals surface area contributed by atoms with Crippen LogP contribution in [0.1, 0.15) is 0 Å². The van der Waals surface area contributed by atoms with Gasteiger partial charge in [-0.15, -0.1) is 0 Å². The van der Waals surface area contributed by atoms with Crippen molar-refractivity contribution in [2.75, 3.05) is 0 Å². The Morgan fingerprint density at radius 1 is 1.83 bits per heavy atom. The number of carboxylic acid groups (broad SMARTS) is 1. The van der Waals surface area contributed by atoms with Crippen molar-refractivity contribution in [3.05, 3.63) is 9.71 Å². The van der Waals surface area contributed by atoms with Gasteiger partial charge in [0.1, 0.15) is 0 Å². The quantitative estimate of drug-likeness (QED) is 0.172. The lowest BCUT2D eigenvalue weighted by Gasteiger charge is -1.34. The molecule has 0 atom stereocenters. The summed E-state index contributed by atoms with van der Waals surface area (Å²) in [5, 5.41) is 14.8. The Morgan fingerprint density at radius 3 is 1.83 bits per heavy atom. The van der Waals surface area contributed by atoms with Crippen LogP contribution in [-0.4, -0.2) is 11.6 Å². The summed E-state index contributed by atoms with van der Waals surface area (Å²) in [5.41, 5.74) is 0. The summed E-state index contributed by atoms with van der Waals surface area (Å²) in [7, 11) is 0. The van der Waals surface area contributed by atoms with Gasteiger partial charge in [0.2, 0.25) is 0 Å². The monoisotopic (exact) mass is 94.0 g/mol. The molecule has 0 aliphatic carbocycles. The second-order valence-electron chi connectivity index (χ2n) is 0.173. The van der Waals surface area contributed by atoms with Gasteiger partial charge in [-0.2, -0.15) is 0 Å². The molecule has 0 amide bonds. The van der Waals surface area contributed by atoms with Gasteiger partial charge in [-0.3, -0.25) is 4.79 Å². The number of rotatable bonds is 0. The van der Waals surface area contributed by atoms with E-state index < -0.39 is 0 Å². The van der Waals surface area contributed by atoms with Gasteiger partial charge in [0, 0.05) is 0 Å². The fourth-order valence-electron chi connectivity index (χ4n) is 0. The number of hydrogen-bond donors (Lipinski definition) is 1. The van der Waals surface area contributed by atoms with Crippen LogP contribution in [0, 0.1) is 9.71 Å². The second kappa shape index (κ2) is 42.1. The van der Waals surface area contributed by atoms with Crippen LogP contribution in [0.4, 0.5) is 0 Å². The zero-order valence-corrected chi connectivity index (χ0v) is 2.66. The molecule has 5 heteroatoms. The summed E-state index contributed by atoms with van der Waals surface area (Å²) >= 11 is 0. The Hall–Kier alpha value is -1.13. The largest absolute Gasteiger partial charge is 0.483 e.